The van der Waals surface area contributed by atoms with Crippen LogP contribution in [0, 0.1) is 0 Å². The first-order valence-corrected chi connectivity index (χ1v) is 16.2. The number of rotatable bonds is 16. The number of benzene rings is 3. The monoisotopic (exact) mass is 694 g/mol. The second-order valence-corrected chi connectivity index (χ2v) is 11.2. The lowest BCUT2D eigenvalue weighted by atomic mass is 10.0. The Morgan fingerprint density at radius 2 is 1.56 bits per heavy atom. The molecule has 0 saturated carbocycles. The van der Waals surface area contributed by atoms with Crippen LogP contribution < -0.4 is 10.1 Å². The van der Waals surface area contributed by atoms with Gasteiger partial charge in [0.05, 0.1) is 17.9 Å². The average Bonchev–Trinajstić information content (AvgIpc) is 3.53. The molecule has 0 aliphatic rings. The maximum Gasteiger partial charge on any atom is 0.416 e. The summed E-state index contributed by atoms with van der Waals surface area (Å²) in [4.78, 5) is 38.7. The van der Waals surface area contributed by atoms with Crippen molar-refractivity contribution < 1.29 is 46.9 Å². The number of allylic oxidation sites excluding steroid dienone is 2. The number of nitrogens with zero attached hydrogens (tertiary/aromatic N) is 1. The van der Waals surface area contributed by atoms with E-state index >= 15 is 0 Å². The number of aromatic nitrogens is 1. The van der Waals surface area contributed by atoms with Crippen molar-refractivity contribution in [3.8, 4) is 17.2 Å². The molecule has 0 amide bonds. The number of hydrogen-bond acceptors (Lipinski definition) is 7. The number of hydrogen-bond donors (Lipinski definition) is 3. The summed E-state index contributed by atoms with van der Waals surface area (Å²) in [5, 5.41) is 20.4. The number of ether oxygens (including phenoxy) is 1. The Morgan fingerprint density at radius 1 is 0.920 bits per heavy atom. The van der Waals surface area contributed by atoms with Crippen molar-refractivity contribution in [3.63, 3.8) is 0 Å². The zero-order valence-corrected chi connectivity index (χ0v) is 28.1. The van der Waals surface area contributed by atoms with Crippen molar-refractivity contribution in [3.05, 3.63) is 119 Å². The normalized spacial score (nSPS) is 12.0. The van der Waals surface area contributed by atoms with Gasteiger partial charge in [0, 0.05) is 42.2 Å². The van der Waals surface area contributed by atoms with Crippen molar-refractivity contribution in [1.82, 2.24) is 10.3 Å². The highest BCUT2D eigenvalue weighted by Crippen LogP contribution is 2.29. The summed E-state index contributed by atoms with van der Waals surface area (Å²) in [6.07, 6.45) is -0.412. The standard InChI is InChI=1S/C35H35F3N2O5.C3H6O2/c1-3-27(22-31(41)24-14-16-26(17-15-24)35(36,37)38)39-30(34(42)43)21-23-12-18-28(19-13-23)44-20-8-11-29-32(4-2)45-33(40-29)25-9-6-5-7-10-25;1-2-3(4)5/h5-7,9-10,12-19,22,30,39H,3-4,8,11,20-21H2,1-2H3,(H,42,43);2H2,1H3,(H,4,5)/b27-22-;/t30-;/m0./s1. The van der Waals surface area contributed by atoms with Gasteiger partial charge in [0.25, 0.3) is 0 Å². The van der Waals surface area contributed by atoms with Crippen LogP contribution in [-0.4, -0.2) is 45.6 Å². The average molecular weight is 695 g/mol. The topological polar surface area (TPSA) is 139 Å². The van der Waals surface area contributed by atoms with Gasteiger partial charge in [-0.05, 0) is 61.2 Å². The first-order chi connectivity index (χ1) is 23.8. The SMILES string of the molecule is CC/C(=C/C(=O)c1ccc(C(F)(F)F)cc1)N[C@@H](Cc1ccc(OCCCc2nc(-c3ccccc3)oc2CC)cc1)C(=O)O.CCC(=O)O. The third-order valence-corrected chi connectivity index (χ3v) is 7.45. The molecule has 1 heterocycles. The van der Waals surface area contributed by atoms with E-state index in [0.29, 0.717) is 36.8 Å². The van der Waals surface area contributed by atoms with Gasteiger partial charge in [-0.3, -0.25) is 9.59 Å². The number of carbonyl (C=O) groups is 3. The van der Waals surface area contributed by atoms with E-state index in [2.05, 4.69) is 10.3 Å². The quantitative estimate of drug-likeness (QED) is 0.0602. The van der Waals surface area contributed by atoms with Crippen molar-refractivity contribution >= 4 is 17.7 Å². The molecule has 1 aromatic heterocycles. The third-order valence-electron chi connectivity index (χ3n) is 7.45. The van der Waals surface area contributed by atoms with Gasteiger partial charge in [-0.25, -0.2) is 9.78 Å². The molecule has 50 heavy (non-hydrogen) atoms. The molecule has 4 aromatic rings. The highest BCUT2D eigenvalue weighted by Gasteiger charge is 2.30. The number of nitrogens with one attached hydrogen (secondary N) is 1. The predicted molar refractivity (Wildman–Crippen MR) is 182 cm³/mol. The smallest absolute Gasteiger partial charge is 0.416 e. The van der Waals surface area contributed by atoms with E-state index in [4.69, 9.17) is 14.3 Å². The molecular formula is C38H41F3N2O7. The summed E-state index contributed by atoms with van der Waals surface area (Å²) < 4.78 is 50.3. The number of carboxylic acid groups (broad SMARTS) is 2. The largest absolute Gasteiger partial charge is 0.494 e. The Hall–Kier alpha value is -5.39. The summed E-state index contributed by atoms with van der Waals surface area (Å²) >= 11 is 0. The van der Waals surface area contributed by atoms with Gasteiger partial charge in [-0.2, -0.15) is 13.2 Å². The van der Waals surface area contributed by atoms with E-state index in [1.54, 1.807) is 38.1 Å². The lowest BCUT2D eigenvalue weighted by Gasteiger charge is -2.18. The van der Waals surface area contributed by atoms with Crippen molar-refractivity contribution in [2.75, 3.05) is 6.61 Å². The Balaban J connectivity index is 0.00000126. The van der Waals surface area contributed by atoms with Gasteiger partial charge in [0.1, 0.15) is 17.6 Å². The number of halogens is 3. The van der Waals surface area contributed by atoms with E-state index in [0.717, 1.165) is 59.7 Å². The zero-order chi connectivity index (χ0) is 36.7. The second-order valence-electron chi connectivity index (χ2n) is 11.2. The first-order valence-electron chi connectivity index (χ1n) is 16.2. The van der Waals surface area contributed by atoms with Crippen LogP contribution in [0.1, 0.15) is 73.0 Å². The molecule has 0 radical (unpaired) electrons. The molecule has 266 valence electrons. The molecule has 0 unspecified atom stereocenters. The van der Waals surface area contributed by atoms with E-state index in [9.17, 15) is 32.7 Å². The fraction of sp³-hybridized carbons (Fsp3) is 0.316. The molecule has 3 aromatic carbocycles. The first kappa shape index (κ1) is 39.1. The van der Waals surface area contributed by atoms with Crippen LogP contribution in [0.4, 0.5) is 13.2 Å². The Labute approximate surface area is 288 Å². The summed E-state index contributed by atoms with van der Waals surface area (Å²) in [7, 11) is 0. The highest BCUT2D eigenvalue weighted by atomic mass is 19.4. The summed E-state index contributed by atoms with van der Waals surface area (Å²) in [6.45, 7) is 5.84. The van der Waals surface area contributed by atoms with Gasteiger partial charge >= 0.3 is 18.1 Å². The van der Waals surface area contributed by atoms with Crippen LogP contribution >= 0.6 is 0 Å². The molecule has 4 rings (SSSR count). The van der Waals surface area contributed by atoms with Crippen LogP contribution in [0.2, 0.25) is 0 Å². The van der Waals surface area contributed by atoms with Crippen LogP contribution in [0.5, 0.6) is 5.75 Å². The number of oxazole rings is 1. The number of alkyl halides is 3. The van der Waals surface area contributed by atoms with Gasteiger partial charge in [0.2, 0.25) is 5.89 Å². The Kier molecular flexibility index (Phi) is 14.8. The molecule has 9 nitrogen and oxygen atoms in total. The fourth-order valence-corrected chi connectivity index (χ4v) is 4.68. The molecule has 0 saturated heterocycles. The molecule has 0 bridgehead atoms. The summed E-state index contributed by atoms with van der Waals surface area (Å²) in [5.41, 5.74) is 2.18. The lowest BCUT2D eigenvalue weighted by molar-refractivity contribution is -0.139. The minimum absolute atomic E-state index is 0.0713. The van der Waals surface area contributed by atoms with E-state index in [-0.39, 0.29) is 18.4 Å². The Morgan fingerprint density at radius 3 is 2.10 bits per heavy atom. The van der Waals surface area contributed by atoms with Crippen molar-refractivity contribution in [2.45, 2.75) is 71.5 Å². The molecule has 0 aliphatic heterocycles. The minimum atomic E-state index is -4.50. The van der Waals surface area contributed by atoms with E-state index in [1.807, 2.05) is 37.3 Å². The molecule has 3 N–H and O–H groups in total. The van der Waals surface area contributed by atoms with Crippen LogP contribution in [-0.2, 0) is 35.0 Å². The maximum absolute atomic E-state index is 12.8. The summed E-state index contributed by atoms with van der Waals surface area (Å²) in [6, 6.07) is 19.7. The number of ketones is 1. The van der Waals surface area contributed by atoms with E-state index in [1.165, 1.54) is 6.08 Å². The fourth-order valence-electron chi connectivity index (χ4n) is 4.68. The predicted octanol–water partition coefficient (Wildman–Crippen LogP) is 8.18. The zero-order valence-electron chi connectivity index (χ0n) is 28.1. The van der Waals surface area contributed by atoms with Gasteiger partial charge in [-0.1, -0.05) is 63.2 Å². The summed E-state index contributed by atoms with van der Waals surface area (Å²) in [5.74, 6) is -0.248. The molecule has 0 spiro atoms. The maximum atomic E-state index is 12.8. The van der Waals surface area contributed by atoms with Gasteiger partial charge < -0.3 is 24.7 Å². The molecule has 1 atom stereocenters. The molecular weight excluding hydrogens is 653 g/mol. The number of carbonyl (C=O) groups excluding carboxylic acids is 1. The van der Waals surface area contributed by atoms with Gasteiger partial charge in [0.15, 0.2) is 5.78 Å². The molecule has 0 fully saturated rings. The van der Waals surface area contributed by atoms with Crippen molar-refractivity contribution in [1.29, 1.82) is 0 Å². The number of aliphatic carboxylic acids is 2. The lowest BCUT2D eigenvalue weighted by Crippen LogP contribution is -2.38. The second kappa shape index (κ2) is 19.0. The minimum Gasteiger partial charge on any atom is -0.494 e. The third kappa shape index (κ3) is 12.2. The number of aryl methyl sites for hydroxylation is 2. The van der Waals surface area contributed by atoms with Crippen LogP contribution in [0.15, 0.2) is 95.1 Å². The highest BCUT2D eigenvalue weighted by molar-refractivity contribution is 6.04. The van der Waals surface area contributed by atoms with Crippen molar-refractivity contribution in [2.24, 2.45) is 0 Å². The number of carboxylic acids is 2. The molecule has 12 heteroatoms. The van der Waals surface area contributed by atoms with Crippen LogP contribution in [0.25, 0.3) is 11.5 Å². The van der Waals surface area contributed by atoms with E-state index < -0.39 is 35.5 Å². The Bertz CT molecular complexity index is 1720. The van der Waals surface area contributed by atoms with Gasteiger partial charge in [-0.15, -0.1) is 0 Å². The van der Waals surface area contributed by atoms with Crippen LogP contribution in [0.3, 0.4) is 0 Å². The molecule has 0 aliphatic carbocycles.